The maximum absolute atomic E-state index is 5.63. The third-order valence-corrected chi connectivity index (χ3v) is 4.61. The van der Waals surface area contributed by atoms with E-state index in [4.69, 9.17) is 11.2 Å². The van der Waals surface area contributed by atoms with Gasteiger partial charge in [0.15, 0.2) is 5.76 Å². The number of ether oxygens (including phenoxy) is 1. The van der Waals surface area contributed by atoms with E-state index in [0.29, 0.717) is 5.76 Å². The number of nitrogens with zero attached hydrogens (tertiary/aromatic N) is 1. The molecule has 1 heterocycles. The summed E-state index contributed by atoms with van der Waals surface area (Å²) in [6.45, 7) is 0. The van der Waals surface area contributed by atoms with Crippen LogP contribution in [0.4, 0.5) is 17.1 Å². The Morgan fingerprint density at radius 2 is 1.31 bits per heavy atom. The van der Waals surface area contributed by atoms with E-state index in [0.717, 1.165) is 34.8 Å². The number of anilines is 3. The molecule has 1 aliphatic heterocycles. The molecule has 0 unspecified atom stereocenters. The molecule has 0 atom stereocenters. The fraction of sp³-hybridized carbons (Fsp3) is 0.0370. The third kappa shape index (κ3) is 4.48. The van der Waals surface area contributed by atoms with E-state index in [1.165, 1.54) is 0 Å². The van der Waals surface area contributed by atoms with Crippen LogP contribution in [0.3, 0.4) is 0 Å². The zero-order valence-corrected chi connectivity index (χ0v) is 16.0. The third-order valence-electron chi connectivity index (χ3n) is 4.61. The van der Waals surface area contributed by atoms with Gasteiger partial charge in [0.25, 0.3) is 0 Å². The molecule has 0 fully saturated rings. The minimum absolute atomic E-state index is 0.573. The Bertz CT molecular complexity index is 1050. The zero-order chi connectivity index (χ0) is 19.9. The van der Waals surface area contributed by atoms with Crippen molar-refractivity contribution in [2.45, 2.75) is 6.42 Å². The van der Waals surface area contributed by atoms with Crippen LogP contribution in [-0.4, -0.2) is 0 Å². The molecule has 2 heteroatoms. The van der Waals surface area contributed by atoms with Crippen LogP contribution in [-0.2, 0) is 4.74 Å². The zero-order valence-electron chi connectivity index (χ0n) is 16.0. The highest BCUT2D eigenvalue weighted by molar-refractivity contribution is 5.76. The molecule has 140 valence electrons. The van der Waals surface area contributed by atoms with E-state index in [1.54, 1.807) is 0 Å². The molecule has 0 N–H and O–H groups in total. The van der Waals surface area contributed by atoms with E-state index < -0.39 is 0 Å². The summed E-state index contributed by atoms with van der Waals surface area (Å²) in [6.07, 6.45) is 14.1. The van der Waals surface area contributed by atoms with Gasteiger partial charge in [0.2, 0.25) is 0 Å². The number of terminal acetylenes is 1. The standard InChI is InChI=1S/C27H21NO/c1-2-26-14-9-15-27(29-26)21-18-22-16-19-25(20-17-22)28(23-10-5-3-6-11-23)24-12-7-4-8-13-24/h1,3-8,10-21H,9H2. The van der Waals surface area contributed by atoms with Crippen LogP contribution in [0.15, 0.2) is 115 Å². The lowest BCUT2D eigenvalue weighted by molar-refractivity contribution is 0.332. The summed E-state index contributed by atoms with van der Waals surface area (Å²) in [6, 6.07) is 29.2. The van der Waals surface area contributed by atoms with Crippen LogP contribution in [0.5, 0.6) is 0 Å². The molecule has 3 aromatic carbocycles. The van der Waals surface area contributed by atoms with Crippen molar-refractivity contribution in [3.8, 4) is 12.3 Å². The van der Waals surface area contributed by atoms with Gasteiger partial charge < -0.3 is 9.64 Å². The molecule has 0 amide bonds. The van der Waals surface area contributed by atoms with Crippen molar-refractivity contribution in [1.29, 1.82) is 0 Å². The molecule has 0 saturated heterocycles. The van der Waals surface area contributed by atoms with Gasteiger partial charge in [-0.2, -0.15) is 0 Å². The lowest BCUT2D eigenvalue weighted by Crippen LogP contribution is -2.09. The van der Waals surface area contributed by atoms with Crippen molar-refractivity contribution >= 4 is 23.1 Å². The van der Waals surface area contributed by atoms with Crippen molar-refractivity contribution in [2.24, 2.45) is 0 Å². The first kappa shape index (κ1) is 18.4. The number of hydrogen-bond acceptors (Lipinski definition) is 2. The van der Waals surface area contributed by atoms with Gasteiger partial charge in [0.05, 0.1) is 0 Å². The van der Waals surface area contributed by atoms with Gasteiger partial charge in [-0.05, 0) is 72.5 Å². The Balaban J connectivity index is 1.58. The average Bonchev–Trinajstić information content (AvgIpc) is 2.80. The summed E-state index contributed by atoms with van der Waals surface area (Å²) >= 11 is 0. The van der Waals surface area contributed by atoms with Crippen molar-refractivity contribution < 1.29 is 4.74 Å². The summed E-state index contributed by atoms with van der Waals surface area (Å²) in [5.41, 5.74) is 4.44. The molecule has 1 aliphatic rings. The summed E-state index contributed by atoms with van der Waals surface area (Å²) in [4.78, 5) is 2.24. The minimum atomic E-state index is 0.573. The minimum Gasteiger partial charge on any atom is -0.449 e. The number of para-hydroxylation sites is 2. The second kappa shape index (κ2) is 8.82. The fourth-order valence-electron chi connectivity index (χ4n) is 3.20. The Kier molecular flexibility index (Phi) is 5.60. The van der Waals surface area contributed by atoms with E-state index in [-0.39, 0.29) is 0 Å². The Labute approximate surface area is 172 Å². The number of benzene rings is 3. The fourth-order valence-corrected chi connectivity index (χ4v) is 3.20. The number of allylic oxidation sites excluding steroid dienone is 4. The summed E-state index contributed by atoms with van der Waals surface area (Å²) in [5, 5.41) is 0. The number of hydrogen-bond donors (Lipinski definition) is 0. The van der Waals surface area contributed by atoms with E-state index in [1.807, 2.05) is 36.4 Å². The Hall–Kier alpha value is -3.96. The predicted octanol–water partition coefficient (Wildman–Crippen LogP) is 6.99. The van der Waals surface area contributed by atoms with Crippen LogP contribution in [0, 0.1) is 12.3 Å². The van der Waals surface area contributed by atoms with Gasteiger partial charge in [-0.15, -0.1) is 6.42 Å². The van der Waals surface area contributed by atoms with Crippen molar-refractivity contribution in [2.75, 3.05) is 4.90 Å². The molecule has 0 aliphatic carbocycles. The van der Waals surface area contributed by atoms with Crippen LogP contribution >= 0.6 is 0 Å². The monoisotopic (exact) mass is 375 g/mol. The molecule has 0 radical (unpaired) electrons. The smallest absolute Gasteiger partial charge is 0.173 e. The normalized spacial score (nSPS) is 13.2. The molecule has 0 saturated carbocycles. The highest BCUT2D eigenvalue weighted by atomic mass is 16.5. The quantitative estimate of drug-likeness (QED) is 0.446. The highest BCUT2D eigenvalue weighted by Gasteiger charge is 2.11. The van der Waals surface area contributed by atoms with E-state index in [9.17, 15) is 0 Å². The van der Waals surface area contributed by atoms with Crippen LogP contribution in [0.2, 0.25) is 0 Å². The van der Waals surface area contributed by atoms with Crippen molar-refractivity contribution in [1.82, 2.24) is 0 Å². The van der Waals surface area contributed by atoms with Crippen LogP contribution in [0.1, 0.15) is 12.0 Å². The molecular formula is C27H21NO. The summed E-state index contributed by atoms with van der Waals surface area (Å²) < 4.78 is 5.63. The molecule has 0 spiro atoms. The second-order valence-electron chi connectivity index (χ2n) is 6.59. The second-order valence-corrected chi connectivity index (χ2v) is 6.59. The van der Waals surface area contributed by atoms with Crippen molar-refractivity contribution in [3.05, 3.63) is 120 Å². The van der Waals surface area contributed by atoms with Crippen LogP contribution < -0.4 is 4.90 Å². The lowest BCUT2D eigenvalue weighted by atomic mass is 10.1. The molecule has 0 aromatic heterocycles. The first-order valence-corrected chi connectivity index (χ1v) is 9.57. The molecule has 2 nitrogen and oxygen atoms in total. The van der Waals surface area contributed by atoms with Gasteiger partial charge in [-0.25, -0.2) is 0 Å². The number of rotatable bonds is 5. The average molecular weight is 375 g/mol. The molecule has 4 rings (SSSR count). The van der Waals surface area contributed by atoms with Crippen LogP contribution in [0.25, 0.3) is 6.08 Å². The van der Waals surface area contributed by atoms with Crippen molar-refractivity contribution in [3.63, 3.8) is 0 Å². The summed E-state index contributed by atoms with van der Waals surface area (Å²) in [7, 11) is 0. The Morgan fingerprint density at radius 1 is 0.724 bits per heavy atom. The SMILES string of the molecule is C#CC1=CCC=C(C=Cc2ccc(N(c3ccccc3)c3ccccc3)cc2)O1. The predicted molar refractivity (Wildman–Crippen MR) is 121 cm³/mol. The van der Waals surface area contributed by atoms with Gasteiger partial charge >= 0.3 is 0 Å². The lowest BCUT2D eigenvalue weighted by Gasteiger charge is -2.25. The van der Waals surface area contributed by atoms with Gasteiger partial charge in [-0.1, -0.05) is 54.6 Å². The van der Waals surface area contributed by atoms with Gasteiger partial charge in [0, 0.05) is 17.1 Å². The maximum atomic E-state index is 5.63. The molecule has 0 bridgehead atoms. The summed E-state index contributed by atoms with van der Waals surface area (Å²) in [5.74, 6) is 3.89. The molecule has 29 heavy (non-hydrogen) atoms. The Morgan fingerprint density at radius 3 is 1.90 bits per heavy atom. The highest BCUT2D eigenvalue weighted by Crippen LogP contribution is 2.34. The molecule has 3 aromatic rings. The first-order chi connectivity index (χ1) is 14.3. The first-order valence-electron chi connectivity index (χ1n) is 9.57. The molecular weight excluding hydrogens is 354 g/mol. The van der Waals surface area contributed by atoms with E-state index in [2.05, 4.69) is 83.6 Å². The maximum Gasteiger partial charge on any atom is 0.173 e. The van der Waals surface area contributed by atoms with Gasteiger partial charge in [-0.3, -0.25) is 0 Å². The topological polar surface area (TPSA) is 12.5 Å². The largest absolute Gasteiger partial charge is 0.449 e. The van der Waals surface area contributed by atoms with Gasteiger partial charge in [0.1, 0.15) is 5.76 Å². The van der Waals surface area contributed by atoms with E-state index >= 15 is 0 Å².